The van der Waals surface area contributed by atoms with Crippen LogP contribution in [0.5, 0.6) is 23.0 Å². The number of nitrogens with one attached hydrogen (secondary N) is 1. The first-order valence-corrected chi connectivity index (χ1v) is 13.0. The predicted molar refractivity (Wildman–Crippen MR) is 146 cm³/mol. The van der Waals surface area contributed by atoms with Gasteiger partial charge in [0.2, 0.25) is 12.7 Å². The fourth-order valence-electron chi connectivity index (χ4n) is 4.11. The molecule has 0 radical (unpaired) electrons. The number of amides is 1. The zero-order valence-corrected chi connectivity index (χ0v) is 22.0. The SMILES string of the molecule is CC[C@@H](Sc1nc2cc3c(cc2c(=O)n1Cc1ccc(OC)cc1)OCO3)C(=O)Nc1cccc(OC)c1. The van der Waals surface area contributed by atoms with Gasteiger partial charge in [-0.1, -0.05) is 36.9 Å². The molecule has 1 aromatic heterocycles. The van der Waals surface area contributed by atoms with Gasteiger partial charge in [-0.3, -0.25) is 14.2 Å². The molecular weight excluding hydrogens is 506 g/mol. The number of fused-ring (bicyclic) bond motifs is 2. The zero-order chi connectivity index (χ0) is 26.6. The Kier molecular flexibility index (Phi) is 7.41. The van der Waals surface area contributed by atoms with Crippen LogP contribution in [-0.4, -0.2) is 41.7 Å². The summed E-state index contributed by atoms with van der Waals surface area (Å²) in [7, 11) is 3.18. The fraction of sp³-hybridized carbons (Fsp3) is 0.250. The summed E-state index contributed by atoms with van der Waals surface area (Å²) < 4.78 is 23.1. The number of hydrogen-bond donors (Lipinski definition) is 1. The van der Waals surface area contributed by atoms with E-state index in [2.05, 4.69) is 5.32 Å². The van der Waals surface area contributed by atoms with Gasteiger partial charge in [0.25, 0.3) is 5.56 Å². The molecule has 2 heterocycles. The highest BCUT2D eigenvalue weighted by Gasteiger charge is 2.24. The topological polar surface area (TPSA) is 101 Å². The molecule has 1 N–H and O–H groups in total. The zero-order valence-electron chi connectivity index (χ0n) is 21.2. The van der Waals surface area contributed by atoms with E-state index in [1.165, 1.54) is 11.8 Å². The van der Waals surface area contributed by atoms with Crippen LogP contribution in [0.2, 0.25) is 0 Å². The Morgan fingerprint density at radius 2 is 1.79 bits per heavy atom. The van der Waals surface area contributed by atoms with Crippen LogP contribution in [-0.2, 0) is 11.3 Å². The van der Waals surface area contributed by atoms with Crippen molar-refractivity contribution >= 4 is 34.3 Å². The van der Waals surface area contributed by atoms with Gasteiger partial charge in [0, 0.05) is 17.8 Å². The molecule has 0 spiro atoms. The Morgan fingerprint density at radius 1 is 1.05 bits per heavy atom. The number of carbonyl (C=O) groups excluding carboxylic acids is 1. The van der Waals surface area contributed by atoms with Gasteiger partial charge < -0.3 is 24.3 Å². The third-order valence-corrected chi connectivity index (χ3v) is 7.52. The van der Waals surface area contributed by atoms with Crippen LogP contribution in [0.3, 0.4) is 0 Å². The van der Waals surface area contributed by atoms with Gasteiger partial charge in [0.1, 0.15) is 11.5 Å². The summed E-state index contributed by atoms with van der Waals surface area (Å²) in [5.74, 6) is 2.22. The minimum absolute atomic E-state index is 0.0929. The summed E-state index contributed by atoms with van der Waals surface area (Å²) in [4.78, 5) is 31.8. The lowest BCUT2D eigenvalue weighted by Crippen LogP contribution is -2.28. The largest absolute Gasteiger partial charge is 0.497 e. The lowest BCUT2D eigenvalue weighted by Gasteiger charge is -2.18. The number of anilines is 1. The van der Waals surface area contributed by atoms with Crippen LogP contribution >= 0.6 is 11.8 Å². The van der Waals surface area contributed by atoms with Crippen molar-refractivity contribution < 1.29 is 23.7 Å². The smallest absolute Gasteiger partial charge is 0.262 e. The monoisotopic (exact) mass is 533 g/mol. The quantitative estimate of drug-likeness (QED) is 0.244. The van der Waals surface area contributed by atoms with E-state index in [4.69, 9.17) is 23.9 Å². The molecule has 4 aromatic rings. The summed E-state index contributed by atoms with van der Waals surface area (Å²) >= 11 is 1.25. The van der Waals surface area contributed by atoms with E-state index in [1.54, 1.807) is 43.1 Å². The van der Waals surface area contributed by atoms with E-state index >= 15 is 0 Å². The van der Waals surface area contributed by atoms with Gasteiger partial charge in [-0.05, 0) is 42.3 Å². The van der Waals surface area contributed by atoms with Crippen LogP contribution in [0.15, 0.2) is 70.6 Å². The normalized spacial score (nSPS) is 12.8. The first kappa shape index (κ1) is 25.5. The molecule has 1 aliphatic heterocycles. The van der Waals surface area contributed by atoms with E-state index in [1.807, 2.05) is 43.3 Å². The number of benzene rings is 3. The van der Waals surface area contributed by atoms with Crippen molar-refractivity contribution in [1.82, 2.24) is 9.55 Å². The van der Waals surface area contributed by atoms with E-state index in [0.717, 1.165) is 11.3 Å². The van der Waals surface area contributed by atoms with Gasteiger partial charge in [-0.25, -0.2) is 4.98 Å². The average Bonchev–Trinajstić information content (AvgIpc) is 3.40. The molecule has 38 heavy (non-hydrogen) atoms. The Labute approximate surface area is 223 Å². The minimum atomic E-state index is -0.498. The number of aromatic nitrogens is 2. The standard InChI is InChI=1S/C28H27N3O6S/c1-4-25(26(32)29-18-6-5-7-20(12-18)35-3)38-28-30-22-14-24-23(36-16-37-24)13-21(22)27(33)31(28)15-17-8-10-19(34-2)11-9-17/h5-14,25H,4,15-16H2,1-3H3,(H,29,32)/t25-/m1/s1. The van der Waals surface area contributed by atoms with Gasteiger partial charge in [-0.2, -0.15) is 0 Å². The second kappa shape index (κ2) is 11.1. The lowest BCUT2D eigenvalue weighted by molar-refractivity contribution is -0.115. The average molecular weight is 534 g/mol. The second-order valence-electron chi connectivity index (χ2n) is 8.59. The van der Waals surface area contributed by atoms with Crippen molar-refractivity contribution in [3.05, 3.63) is 76.6 Å². The summed E-state index contributed by atoms with van der Waals surface area (Å²) in [5, 5.41) is 3.30. The van der Waals surface area contributed by atoms with Crippen LogP contribution in [0, 0.1) is 0 Å². The van der Waals surface area contributed by atoms with Gasteiger partial charge >= 0.3 is 0 Å². The predicted octanol–water partition coefficient (Wildman–Crippen LogP) is 4.70. The van der Waals surface area contributed by atoms with E-state index in [-0.39, 0.29) is 24.8 Å². The van der Waals surface area contributed by atoms with E-state index in [0.29, 0.717) is 45.4 Å². The molecule has 0 aliphatic carbocycles. The molecule has 0 fully saturated rings. The van der Waals surface area contributed by atoms with Crippen molar-refractivity contribution in [3.63, 3.8) is 0 Å². The summed E-state index contributed by atoms with van der Waals surface area (Å²) in [5.41, 5.74) is 1.78. The minimum Gasteiger partial charge on any atom is -0.497 e. The number of methoxy groups -OCH3 is 2. The number of nitrogens with zero attached hydrogens (tertiary/aromatic N) is 2. The maximum atomic E-state index is 13.8. The molecule has 3 aromatic carbocycles. The molecule has 0 saturated carbocycles. The van der Waals surface area contributed by atoms with Crippen molar-refractivity contribution in [2.24, 2.45) is 0 Å². The molecule has 10 heteroatoms. The molecule has 196 valence electrons. The number of hydrogen-bond acceptors (Lipinski definition) is 8. The number of rotatable bonds is 9. The Morgan fingerprint density at radius 3 is 2.50 bits per heavy atom. The van der Waals surface area contributed by atoms with Gasteiger partial charge in [-0.15, -0.1) is 0 Å². The first-order valence-electron chi connectivity index (χ1n) is 12.1. The molecule has 1 aliphatic rings. The summed E-state index contributed by atoms with van der Waals surface area (Å²) in [6.07, 6.45) is 0.526. The summed E-state index contributed by atoms with van der Waals surface area (Å²) in [6, 6.07) is 18.0. The van der Waals surface area contributed by atoms with E-state index < -0.39 is 5.25 Å². The molecule has 0 unspecified atom stereocenters. The summed E-state index contributed by atoms with van der Waals surface area (Å²) in [6.45, 7) is 2.29. The fourth-order valence-corrected chi connectivity index (χ4v) is 5.12. The van der Waals surface area contributed by atoms with Crippen molar-refractivity contribution in [2.45, 2.75) is 30.3 Å². The maximum Gasteiger partial charge on any atom is 0.262 e. The molecule has 5 rings (SSSR count). The van der Waals surface area contributed by atoms with Gasteiger partial charge in [0.05, 0.1) is 36.9 Å². The third-order valence-electron chi connectivity index (χ3n) is 6.16. The maximum absolute atomic E-state index is 13.8. The molecular formula is C28H27N3O6S. The lowest BCUT2D eigenvalue weighted by atomic mass is 10.2. The van der Waals surface area contributed by atoms with Crippen LogP contribution in [0.25, 0.3) is 10.9 Å². The molecule has 9 nitrogen and oxygen atoms in total. The van der Waals surface area contributed by atoms with Crippen LogP contribution in [0.4, 0.5) is 5.69 Å². The van der Waals surface area contributed by atoms with Crippen molar-refractivity contribution in [2.75, 3.05) is 26.3 Å². The van der Waals surface area contributed by atoms with Crippen LogP contribution < -0.4 is 29.8 Å². The third kappa shape index (κ3) is 5.26. The molecule has 1 amide bonds. The Bertz CT molecular complexity index is 1540. The number of thioether (sulfide) groups is 1. The number of carbonyl (C=O) groups is 1. The highest BCUT2D eigenvalue weighted by Crippen LogP contribution is 2.36. The Hall–Kier alpha value is -4.18. The highest BCUT2D eigenvalue weighted by atomic mass is 32.2. The van der Waals surface area contributed by atoms with Gasteiger partial charge in [0.15, 0.2) is 16.7 Å². The van der Waals surface area contributed by atoms with E-state index in [9.17, 15) is 9.59 Å². The highest BCUT2D eigenvalue weighted by molar-refractivity contribution is 8.00. The second-order valence-corrected chi connectivity index (χ2v) is 9.76. The first-order chi connectivity index (χ1) is 18.5. The van der Waals surface area contributed by atoms with Crippen molar-refractivity contribution in [1.29, 1.82) is 0 Å². The Balaban J connectivity index is 1.51. The van der Waals surface area contributed by atoms with Crippen molar-refractivity contribution in [3.8, 4) is 23.0 Å². The molecule has 0 saturated heterocycles. The molecule has 0 bridgehead atoms. The number of ether oxygens (including phenoxy) is 4. The molecule has 1 atom stereocenters. The van der Waals surface area contributed by atoms with Crippen LogP contribution in [0.1, 0.15) is 18.9 Å².